The van der Waals surface area contributed by atoms with E-state index >= 15 is 0 Å². The van der Waals surface area contributed by atoms with Crippen LogP contribution in [-0.4, -0.2) is 145 Å². The fourth-order valence-corrected chi connectivity index (χ4v) is 9.81. The number of ketones is 4. The van der Waals surface area contributed by atoms with Crippen LogP contribution >= 0.6 is 89.9 Å². The van der Waals surface area contributed by atoms with Gasteiger partial charge in [0.25, 0.3) is 20.5 Å². The van der Waals surface area contributed by atoms with E-state index in [-0.39, 0.29) is 78.4 Å². The van der Waals surface area contributed by atoms with E-state index in [0.717, 1.165) is 23.5 Å². The number of esters is 3. The number of rotatable bonds is 36. The monoisotopic (exact) mass is 1940 g/mol. The zero-order chi connectivity index (χ0) is 86.8. The predicted octanol–water partition coefficient (Wildman–Crippen LogP) is 18.1. The van der Waals surface area contributed by atoms with Crippen LogP contribution in [0.1, 0.15) is 151 Å². The van der Waals surface area contributed by atoms with Crippen LogP contribution in [0.4, 0.5) is 0 Å². The minimum Gasteiger partial charge on any atom is -0.479 e. The second-order valence-corrected chi connectivity index (χ2v) is 29.5. The largest absolute Gasteiger partial charge is 0.479 e. The fourth-order valence-electron chi connectivity index (χ4n) is 8.78. The Kier molecular flexibility index (Phi) is 46.9. The number of carbonyl (C=O) groups is 8. The second-order valence-electron chi connectivity index (χ2n) is 25.8. The molecule has 0 aliphatic heterocycles. The van der Waals surface area contributed by atoms with E-state index in [1.807, 2.05) is 0 Å². The summed E-state index contributed by atoms with van der Waals surface area (Å²) < 4.78 is 38.0. The minimum atomic E-state index is -1.50. The quantitative estimate of drug-likeness (QED) is 0.00424. The summed E-state index contributed by atoms with van der Waals surface area (Å²) in [5, 5.41) is 43.3. The minimum absolute atomic E-state index is 0. The molecular formula is C81H84AgBr2Cl5N3O25. The zero-order valence-corrected chi connectivity index (χ0v) is 72.7. The Hall–Kier alpha value is -9.57. The fraction of sp³-hybridized carbons (Fsp3) is 0.309. The van der Waals surface area contributed by atoms with Crippen molar-refractivity contribution < 1.29 is 129 Å². The molecule has 0 saturated carbocycles. The second kappa shape index (κ2) is 53.0. The number of alkyl halides is 2. The number of nitrogens with zero attached hydrogens (tertiary/aromatic N) is 3. The van der Waals surface area contributed by atoms with Crippen molar-refractivity contribution in [1.82, 2.24) is 0 Å². The van der Waals surface area contributed by atoms with Crippen LogP contribution in [0.2, 0.25) is 20.1 Å². The third-order valence-electron chi connectivity index (χ3n) is 14.8. The SMILES string of the molecule is CC(C)(Oc1ccc(C(=O)c2ccc(Cl)cc2)cc1)C(=O)Cl.CC(C)(Oc1ccc(C(=O)c2ccc(Cl)cc2)cc1)C(=O)OCCCBr.CC(C)(Oc1ccc(C(=O)c2ccc(Cl)cc2)cc1)C(=O)OCCCCO[N+](=O)[O-].CC(C)(Oc1ccc(C(=O)c2ccc(Cl)cc2)cc1)C(=O)OCCCO[N+](=O)[O-].O=[N+]([O-])O.OCCCBr.[Ag]. The molecule has 0 fully saturated rings. The molecule has 0 aromatic heterocycles. The first-order chi connectivity index (χ1) is 54.6. The first kappa shape index (κ1) is 104. The summed E-state index contributed by atoms with van der Waals surface area (Å²) in [7, 11) is 0. The summed E-state index contributed by atoms with van der Waals surface area (Å²) in [6.45, 7) is 13.2. The van der Waals surface area contributed by atoms with Crippen molar-refractivity contribution in [3.8, 4) is 23.0 Å². The van der Waals surface area contributed by atoms with Crippen molar-refractivity contribution in [2.45, 2.75) is 110 Å². The molecule has 28 nitrogen and oxygen atoms in total. The van der Waals surface area contributed by atoms with Gasteiger partial charge in [-0.2, -0.15) is 0 Å². The Balaban J connectivity index is 0.000000511. The van der Waals surface area contributed by atoms with Crippen LogP contribution in [0.15, 0.2) is 194 Å². The molecule has 2 N–H and O–H groups in total. The molecule has 0 spiro atoms. The van der Waals surface area contributed by atoms with Gasteiger partial charge in [-0.15, -0.1) is 30.3 Å². The normalized spacial score (nSPS) is 10.6. The number of carbonyl (C=O) groups excluding carboxylic acids is 8. The summed E-state index contributed by atoms with van der Waals surface area (Å²) in [6, 6.07) is 52.6. The molecule has 0 aliphatic carbocycles. The first-order valence-electron chi connectivity index (χ1n) is 34.8. The van der Waals surface area contributed by atoms with Crippen molar-refractivity contribution in [3.63, 3.8) is 0 Å². The summed E-state index contributed by atoms with van der Waals surface area (Å²) in [5.41, 5.74) is -0.668. The van der Waals surface area contributed by atoms with Crippen molar-refractivity contribution in [2.24, 2.45) is 0 Å². The average Bonchev–Trinajstić information content (AvgIpc) is 0.849. The topological polar surface area (TPSA) is 390 Å². The van der Waals surface area contributed by atoms with Crippen molar-refractivity contribution in [2.75, 3.05) is 50.3 Å². The van der Waals surface area contributed by atoms with Crippen molar-refractivity contribution in [1.29, 1.82) is 0 Å². The van der Waals surface area contributed by atoms with Gasteiger partial charge in [-0.05, 0) is 287 Å². The Bertz CT molecular complexity index is 4490. The summed E-state index contributed by atoms with van der Waals surface area (Å²) >= 11 is 35.2. The van der Waals surface area contributed by atoms with Gasteiger partial charge in [0.1, 0.15) is 23.0 Å². The maximum absolute atomic E-state index is 12.5. The molecule has 8 aromatic carbocycles. The summed E-state index contributed by atoms with van der Waals surface area (Å²) in [4.78, 5) is 134. The van der Waals surface area contributed by atoms with E-state index in [1.54, 1.807) is 236 Å². The molecule has 0 atom stereocenters. The number of aliphatic hydroxyl groups excluding tert-OH is 1. The molecule has 0 amide bonds. The number of hydrogen-bond donors (Lipinski definition) is 2. The van der Waals surface area contributed by atoms with Gasteiger partial charge in [-0.3, -0.25) is 24.0 Å². The van der Waals surface area contributed by atoms with Gasteiger partial charge in [0.05, 0.1) is 33.0 Å². The number of benzene rings is 8. The summed E-state index contributed by atoms with van der Waals surface area (Å²) in [6.07, 6.45) is 2.60. The molecule has 0 aliphatic rings. The van der Waals surface area contributed by atoms with Crippen molar-refractivity contribution in [3.05, 3.63) is 289 Å². The van der Waals surface area contributed by atoms with Crippen molar-refractivity contribution >= 4 is 136 Å². The van der Waals surface area contributed by atoms with Gasteiger partial charge in [0, 0.05) is 111 Å². The Labute approximate surface area is 732 Å². The number of unbranched alkanes of at least 4 members (excludes halogenated alkanes) is 1. The summed E-state index contributed by atoms with van der Waals surface area (Å²) in [5.74, 6) is -0.426. The van der Waals surface area contributed by atoms with Gasteiger partial charge >= 0.3 is 17.9 Å². The third kappa shape index (κ3) is 40.0. The van der Waals surface area contributed by atoms with Gasteiger partial charge in [0.2, 0.25) is 0 Å². The average molecular weight is 1940 g/mol. The number of halogens is 7. The molecule has 0 bridgehead atoms. The Morgan fingerprint density at radius 2 is 0.538 bits per heavy atom. The van der Waals surface area contributed by atoms with E-state index in [1.165, 1.54) is 13.8 Å². The first-order valence-corrected chi connectivity index (χ1v) is 39.0. The van der Waals surface area contributed by atoms with E-state index in [4.69, 9.17) is 112 Å². The molecular weight excluding hydrogens is 1860 g/mol. The van der Waals surface area contributed by atoms with Crippen LogP contribution in [0.25, 0.3) is 0 Å². The van der Waals surface area contributed by atoms with Gasteiger partial charge < -0.3 is 53.1 Å². The van der Waals surface area contributed by atoms with Crippen LogP contribution in [0, 0.1) is 30.3 Å². The molecule has 633 valence electrons. The van der Waals surface area contributed by atoms with E-state index in [9.17, 15) is 58.6 Å². The Morgan fingerprint density at radius 1 is 0.342 bits per heavy atom. The molecule has 0 saturated heterocycles. The Morgan fingerprint density at radius 3 is 0.744 bits per heavy atom. The van der Waals surface area contributed by atoms with Gasteiger partial charge in [-0.1, -0.05) is 78.3 Å². The number of ether oxygens (including phenoxy) is 7. The standard InChI is InChI=1S/C21H22ClNO7.C20H20BrClO4.C20H20ClNO7.C17H14Cl2O3.C3H7BrO.Ag.HNO3/c1-21(2,20(25)28-13-3-4-14-29-23(26)27)30-18-11-7-16(8-12-18)19(24)15-5-9-17(22)10-6-15;1-20(2,19(24)25-13-3-12-21)26-17-10-6-15(7-11-17)18(23)14-4-8-16(22)9-5-14;1-20(2,19(24)27-12-3-13-28-22(25)26)29-17-10-6-15(7-11-17)18(23)14-4-8-16(21)9-5-14;1-17(2,16(19)21)22-14-9-5-12(6-10-14)15(20)11-3-7-13(18)8-4-11;4-2-1-3-5;;2-1(3)4/h5-12H,3-4,13-14H2,1-2H3;4-11H,3,12-13H2,1-2H3;4-11H,3,12-13H2,1-2H3;3-10H,1-2H3;5H,1-3H2;;(H,2,3,4). The van der Waals surface area contributed by atoms with E-state index < -0.39 is 60.8 Å². The van der Waals surface area contributed by atoms with Gasteiger partial charge in [-0.25, -0.2) is 14.4 Å². The van der Waals surface area contributed by atoms with Crippen LogP contribution in [0.3, 0.4) is 0 Å². The molecule has 117 heavy (non-hydrogen) atoms. The molecule has 36 heteroatoms. The number of aliphatic hydroxyl groups is 1. The maximum Gasteiger partial charge on any atom is 0.349 e. The van der Waals surface area contributed by atoms with Crippen LogP contribution in [0.5, 0.6) is 23.0 Å². The zero-order valence-electron chi connectivity index (χ0n) is 64.2. The molecule has 8 aromatic rings. The maximum atomic E-state index is 12.5. The third-order valence-corrected chi connectivity index (χ3v) is 17.4. The van der Waals surface area contributed by atoms with E-state index in [2.05, 4.69) is 41.5 Å². The van der Waals surface area contributed by atoms with Gasteiger partial charge in [0.15, 0.2) is 45.5 Å². The smallest absolute Gasteiger partial charge is 0.349 e. The molecule has 0 unspecified atom stereocenters. The van der Waals surface area contributed by atoms with E-state index in [0.29, 0.717) is 114 Å². The van der Waals surface area contributed by atoms with Crippen LogP contribution < -0.4 is 18.9 Å². The molecule has 8 rings (SSSR count). The predicted molar refractivity (Wildman–Crippen MR) is 440 cm³/mol. The molecule has 1 radical (unpaired) electrons. The molecule has 0 heterocycles. The van der Waals surface area contributed by atoms with Crippen LogP contribution in [-0.2, 0) is 65.4 Å². The number of hydrogen-bond acceptors (Lipinski definition) is 24.